The summed E-state index contributed by atoms with van der Waals surface area (Å²) in [5.74, 6) is -0.665. The number of carbonyl (C=O) groups excluding carboxylic acids is 1. The third-order valence-electron chi connectivity index (χ3n) is 4.77. The maximum absolute atomic E-state index is 12.8. The first kappa shape index (κ1) is 24.8. The smallest absolute Gasteiger partial charge is 0.243 e. The number of methoxy groups -OCH3 is 1. The maximum Gasteiger partial charge on any atom is 0.243 e. The molecule has 0 unspecified atom stereocenters. The van der Waals surface area contributed by atoms with Crippen molar-refractivity contribution in [3.05, 3.63) is 48.0 Å². The highest BCUT2D eigenvalue weighted by atomic mass is 32.2. The number of aryl methyl sites for hydroxylation is 1. The largest absolute Gasteiger partial charge is 0.495 e. The van der Waals surface area contributed by atoms with E-state index in [1.807, 2.05) is 6.92 Å². The Hall–Kier alpha value is -2.43. The Balaban J connectivity index is 2.19. The summed E-state index contributed by atoms with van der Waals surface area (Å²) in [4.78, 5) is 12.6. The number of hydrogen-bond donors (Lipinski definition) is 1. The molecule has 0 aliphatic heterocycles. The predicted molar refractivity (Wildman–Crippen MR) is 120 cm³/mol. The molecule has 2 aromatic carbocycles. The first-order valence-corrected chi connectivity index (χ1v) is 12.9. The number of hydrogen-bond acceptors (Lipinski definition) is 6. The van der Waals surface area contributed by atoms with E-state index in [1.165, 1.54) is 41.7 Å². The third-order valence-corrected chi connectivity index (χ3v) is 8.54. The molecule has 0 aromatic heterocycles. The van der Waals surface area contributed by atoms with Crippen LogP contribution in [-0.4, -0.2) is 53.0 Å². The zero-order valence-electron chi connectivity index (χ0n) is 18.1. The van der Waals surface area contributed by atoms with Crippen molar-refractivity contribution in [3.63, 3.8) is 0 Å². The second kappa shape index (κ2) is 10.3. The molecule has 31 heavy (non-hydrogen) atoms. The Morgan fingerprint density at radius 3 is 2.10 bits per heavy atom. The summed E-state index contributed by atoms with van der Waals surface area (Å²) in [5.41, 5.74) is 1.09. The van der Waals surface area contributed by atoms with Crippen LogP contribution in [0.5, 0.6) is 5.75 Å². The molecule has 10 heteroatoms. The summed E-state index contributed by atoms with van der Waals surface area (Å²) in [6.07, 6.45) is -0.285. The minimum atomic E-state index is -3.73. The van der Waals surface area contributed by atoms with Crippen molar-refractivity contribution >= 4 is 31.5 Å². The summed E-state index contributed by atoms with van der Waals surface area (Å²) >= 11 is 0. The second-order valence-electron chi connectivity index (χ2n) is 6.88. The maximum atomic E-state index is 12.8. The average molecular weight is 469 g/mol. The van der Waals surface area contributed by atoms with Crippen LogP contribution >= 0.6 is 0 Å². The molecule has 0 radical (unpaired) electrons. The molecule has 0 aliphatic carbocycles. The second-order valence-corrected chi connectivity index (χ2v) is 10.9. The molecule has 1 N–H and O–H groups in total. The van der Waals surface area contributed by atoms with Crippen LogP contribution in [0, 0.1) is 6.92 Å². The van der Waals surface area contributed by atoms with E-state index in [1.54, 1.807) is 26.0 Å². The van der Waals surface area contributed by atoms with Gasteiger partial charge in [-0.3, -0.25) is 4.79 Å². The van der Waals surface area contributed by atoms with Gasteiger partial charge in [-0.1, -0.05) is 31.5 Å². The monoisotopic (exact) mass is 468 g/mol. The van der Waals surface area contributed by atoms with Crippen LogP contribution in [0.15, 0.2) is 52.3 Å². The zero-order valence-corrected chi connectivity index (χ0v) is 19.7. The molecule has 0 heterocycles. The molecule has 0 fully saturated rings. The normalized spacial score (nSPS) is 12.0. The van der Waals surface area contributed by atoms with E-state index in [0.29, 0.717) is 13.1 Å². The summed E-state index contributed by atoms with van der Waals surface area (Å²) in [6.45, 7) is 5.95. The quantitative estimate of drug-likeness (QED) is 0.574. The first-order chi connectivity index (χ1) is 14.5. The van der Waals surface area contributed by atoms with Gasteiger partial charge in [-0.05, 0) is 37.3 Å². The fourth-order valence-electron chi connectivity index (χ4n) is 2.96. The number of benzene rings is 2. The number of anilines is 1. The molecular weight excluding hydrogens is 440 g/mol. The Kier molecular flexibility index (Phi) is 8.21. The Labute approximate surface area is 184 Å². The number of nitrogens with one attached hydrogen (secondary N) is 1. The van der Waals surface area contributed by atoms with E-state index < -0.39 is 25.8 Å². The number of sulfonamides is 1. The van der Waals surface area contributed by atoms with E-state index in [4.69, 9.17) is 4.74 Å². The molecule has 0 aliphatic rings. The van der Waals surface area contributed by atoms with Crippen molar-refractivity contribution in [1.82, 2.24) is 4.31 Å². The lowest BCUT2D eigenvalue weighted by Gasteiger charge is -2.19. The summed E-state index contributed by atoms with van der Waals surface area (Å²) in [5, 5.41) is 2.57. The van der Waals surface area contributed by atoms with Crippen molar-refractivity contribution < 1.29 is 26.4 Å². The molecule has 1 amide bonds. The number of sulfone groups is 1. The van der Waals surface area contributed by atoms with Crippen LogP contribution in [-0.2, 0) is 24.7 Å². The zero-order chi connectivity index (χ0) is 23.2. The predicted octanol–water partition coefficient (Wildman–Crippen LogP) is 2.84. The summed E-state index contributed by atoms with van der Waals surface area (Å²) in [7, 11) is -5.96. The van der Waals surface area contributed by atoms with Crippen molar-refractivity contribution in [1.29, 1.82) is 0 Å². The molecule has 0 bridgehead atoms. The average Bonchev–Trinajstić information content (AvgIpc) is 2.73. The first-order valence-electron chi connectivity index (χ1n) is 9.82. The molecule has 2 aromatic rings. The molecule has 0 spiro atoms. The Bertz CT molecular complexity index is 1120. The highest BCUT2D eigenvalue weighted by Gasteiger charge is 2.23. The fourth-order valence-corrected chi connectivity index (χ4v) is 5.69. The van der Waals surface area contributed by atoms with E-state index >= 15 is 0 Å². The van der Waals surface area contributed by atoms with E-state index in [0.717, 1.165) is 5.56 Å². The van der Waals surface area contributed by atoms with Crippen molar-refractivity contribution in [2.24, 2.45) is 0 Å². The van der Waals surface area contributed by atoms with Crippen LogP contribution < -0.4 is 10.1 Å². The van der Waals surface area contributed by atoms with Gasteiger partial charge in [0.2, 0.25) is 15.9 Å². The van der Waals surface area contributed by atoms with Crippen molar-refractivity contribution in [3.8, 4) is 5.75 Å². The number of amides is 1. The van der Waals surface area contributed by atoms with Gasteiger partial charge in [0.15, 0.2) is 9.84 Å². The Morgan fingerprint density at radius 2 is 1.55 bits per heavy atom. The molecule has 2 rings (SSSR count). The number of rotatable bonds is 10. The third kappa shape index (κ3) is 6.05. The lowest BCUT2D eigenvalue weighted by Crippen LogP contribution is -2.30. The van der Waals surface area contributed by atoms with Gasteiger partial charge in [-0.25, -0.2) is 16.8 Å². The highest BCUT2D eigenvalue weighted by molar-refractivity contribution is 7.91. The van der Waals surface area contributed by atoms with E-state index in [-0.39, 0.29) is 33.4 Å². The van der Waals surface area contributed by atoms with Crippen LogP contribution in [0.2, 0.25) is 0 Å². The van der Waals surface area contributed by atoms with Gasteiger partial charge in [-0.15, -0.1) is 0 Å². The van der Waals surface area contributed by atoms with Gasteiger partial charge >= 0.3 is 0 Å². The molecule has 8 nitrogen and oxygen atoms in total. The molecule has 0 saturated carbocycles. The number of carbonyl (C=O) groups is 1. The minimum absolute atomic E-state index is 0.0135. The van der Waals surface area contributed by atoms with Crippen molar-refractivity contribution in [2.45, 2.75) is 37.0 Å². The van der Waals surface area contributed by atoms with Crippen molar-refractivity contribution in [2.75, 3.05) is 31.3 Å². The van der Waals surface area contributed by atoms with Gasteiger partial charge in [0.25, 0.3) is 0 Å². The van der Waals surface area contributed by atoms with Gasteiger partial charge < -0.3 is 10.1 Å². The van der Waals surface area contributed by atoms with Crippen LogP contribution in [0.1, 0.15) is 25.8 Å². The number of ether oxygens (including phenoxy) is 1. The lowest BCUT2D eigenvalue weighted by atomic mass is 10.2. The molecular formula is C21H28N2O6S2. The Morgan fingerprint density at radius 1 is 0.968 bits per heavy atom. The summed E-state index contributed by atoms with van der Waals surface area (Å²) < 4.78 is 57.0. The standard InChI is InChI=1S/C21H28N2O6S2/c1-5-23(6-2)31(27,28)18-11-12-20(29-4)19(15-18)22-21(24)13-14-30(25,26)17-9-7-16(3)8-10-17/h7-12,15H,5-6,13-14H2,1-4H3,(H,22,24). The SMILES string of the molecule is CCN(CC)S(=O)(=O)c1ccc(OC)c(NC(=O)CCS(=O)(=O)c2ccc(C)cc2)c1. The van der Waals surface area contributed by atoms with Gasteiger partial charge in [0, 0.05) is 19.5 Å². The van der Waals surface area contributed by atoms with Crippen LogP contribution in [0.3, 0.4) is 0 Å². The lowest BCUT2D eigenvalue weighted by molar-refractivity contribution is -0.115. The van der Waals surface area contributed by atoms with Gasteiger partial charge in [-0.2, -0.15) is 4.31 Å². The van der Waals surface area contributed by atoms with E-state index in [9.17, 15) is 21.6 Å². The molecule has 0 saturated heterocycles. The van der Waals surface area contributed by atoms with E-state index in [2.05, 4.69) is 5.32 Å². The molecule has 170 valence electrons. The highest BCUT2D eigenvalue weighted by Crippen LogP contribution is 2.29. The van der Waals surface area contributed by atoms with Crippen LogP contribution in [0.4, 0.5) is 5.69 Å². The minimum Gasteiger partial charge on any atom is -0.495 e. The topological polar surface area (TPSA) is 110 Å². The number of nitrogens with zero attached hydrogens (tertiary/aromatic N) is 1. The van der Waals surface area contributed by atoms with Gasteiger partial charge in [0.05, 0.1) is 28.3 Å². The van der Waals surface area contributed by atoms with Gasteiger partial charge in [0.1, 0.15) is 5.75 Å². The fraction of sp³-hybridized carbons (Fsp3) is 0.381. The summed E-state index contributed by atoms with van der Waals surface area (Å²) in [6, 6.07) is 10.6. The molecule has 0 atom stereocenters. The van der Waals surface area contributed by atoms with Crippen LogP contribution in [0.25, 0.3) is 0 Å².